The van der Waals surface area contributed by atoms with Crippen LogP contribution in [0.2, 0.25) is 0 Å². The van der Waals surface area contributed by atoms with Gasteiger partial charge in [-0.05, 0) is 61.1 Å². The van der Waals surface area contributed by atoms with E-state index in [0.29, 0.717) is 51.4 Å². The molecule has 1 aromatic heterocycles. The molecule has 0 radical (unpaired) electrons. The SMILES string of the molecule is CCN(C=O)C1(/C(=C/C(C)C)N(C)Cc2cc(COC)cc(OC)c2)CCN(C(=O)c2ccco2)CC1. The third-order valence-electron chi connectivity index (χ3n) is 7.00. The molecule has 0 aliphatic carbocycles. The lowest BCUT2D eigenvalue weighted by Crippen LogP contribution is -2.59. The van der Waals surface area contributed by atoms with Crippen molar-refractivity contribution in [2.24, 2.45) is 5.92 Å². The van der Waals surface area contributed by atoms with Crippen molar-refractivity contribution in [1.82, 2.24) is 14.7 Å². The summed E-state index contributed by atoms with van der Waals surface area (Å²) in [6.07, 6.45) is 6.01. The van der Waals surface area contributed by atoms with Crippen LogP contribution < -0.4 is 4.74 Å². The molecule has 3 rings (SSSR count). The standard InChI is InChI=1S/C29H41N3O5/c1-7-32(21-33)29(10-12-31(13-11-29)28(34)26-9-8-14-37-26)27(15-22(2)3)30(4)19-23-16-24(20-35-5)18-25(17-23)36-6/h8-9,14-18,21-22H,7,10-13,19-20H2,1-6H3/b27-15-. The van der Waals surface area contributed by atoms with Crippen LogP contribution in [0.4, 0.5) is 0 Å². The number of benzene rings is 1. The van der Waals surface area contributed by atoms with Crippen LogP contribution in [0.5, 0.6) is 5.75 Å². The zero-order chi connectivity index (χ0) is 27.0. The second kappa shape index (κ2) is 12.8. The topological polar surface area (TPSA) is 75.5 Å². The number of hydrogen-bond donors (Lipinski definition) is 0. The highest BCUT2D eigenvalue weighted by atomic mass is 16.5. The normalized spacial score (nSPS) is 15.5. The molecule has 2 amide bonds. The van der Waals surface area contributed by atoms with Gasteiger partial charge in [-0.1, -0.05) is 26.0 Å². The average molecular weight is 512 g/mol. The Labute approximate surface area is 220 Å². The van der Waals surface area contributed by atoms with Crippen molar-refractivity contribution in [3.8, 4) is 5.75 Å². The molecule has 0 saturated carbocycles. The molecular formula is C29H41N3O5. The van der Waals surface area contributed by atoms with E-state index in [1.54, 1.807) is 26.4 Å². The highest BCUT2D eigenvalue weighted by Gasteiger charge is 2.44. The number of likely N-dealkylation sites (tertiary alicyclic amines) is 1. The summed E-state index contributed by atoms with van der Waals surface area (Å²) in [6.45, 7) is 9.08. The van der Waals surface area contributed by atoms with Gasteiger partial charge in [-0.2, -0.15) is 0 Å². The Balaban J connectivity index is 1.94. The minimum Gasteiger partial charge on any atom is -0.497 e. The number of rotatable bonds is 12. The fraction of sp³-hybridized carbons (Fsp3) is 0.517. The third-order valence-corrected chi connectivity index (χ3v) is 7.00. The summed E-state index contributed by atoms with van der Waals surface area (Å²) >= 11 is 0. The Kier molecular flexibility index (Phi) is 9.80. The lowest BCUT2D eigenvalue weighted by Gasteiger charge is -2.50. The molecule has 8 heteroatoms. The van der Waals surface area contributed by atoms with Gasteiger partial charge in [0.1, 0.15) is 5.75 Å². The number of ether oxygens (including phenoxy) is 2. The smallest absolute Gasteiger partial charge is 0.289 e. The van der Waals surface area contributed by atoms with E-state index >= 15 is 0 Å². The summed E-state index contributed by atoms with van der Waals surface area (Å²) in [4.78, 5) is 31.3. The molecule has 0 N–H and O–H groups in total. The Morgan fingerprint density at radius 1 is 1.19 bits per heavy atom. The second-order valence-corrected chi connectivity index (χ2v) is 9.97. The maximum Gasteiger partial charge on any atom is 0.289 e. The Hall–Kier alpha value is -3.26. The van der Waals surface area contributed by atoms with Crippen LogP contribution in [0.1, 0.15) is 55.3 Å². The van der Waals surface area contributed by atoms with Crippen molar-refractivity contribution in [3.63, 3.8) is 0 Å². The molecule has 2 heterocycles. The molecular weight excluding hydrogens is 470 g/mol. The molecule has 0 bridgehead atoms. The number of furan rings is 1. The monoisotopic (exact) mass is 511 g/mol. The number of piperidine rings is 1. The predicted molar refractivity (Wildman–Crippen MR) is 143 cm³/mol. The molecule has 0 unspecified atom stereocenters. The van der Waals surface area contributed by atoms with Crippen LogP contribution in [-0.2, 0) is 22.7 Å². The molecule has 1 aromatic carbocycles. The molecule has 8 nitrogen and oxygen atoms in total. The Bertz CT molecular complexity index is 1060. The molecule has 0 atom stereocenters. The average Bonchev–Trinajstić information content (AvgIpc) is 3.43. The minimum absolute atomic E-state index is 0.113. The van der Waals surface area contributed by atoms with Crippen molar-refractivity contribution in [1.29, 1.82) is 0 Å². The van der Waals surface area contributed by atoms with E-state index < -0.39 is 5.54 Å². The second-order valence-electron chi connectivity index (χ2n) is 9.97. The summed E-state index contributed by atoms with van der Waals surface area (Å²) in [5.41, 5.74) is 2.71. The summed E-state index contributed by atoms with van der Waals surface area (Å²) in [5.74, 6) is 1.29. The zero-order valence-electron chi connectivity index (χ0n) is 23.0. The van der Waals surface area contributed by atoms with E-state index in [1.165, 1.54) is 6.26 Å². The van der Waals surface area contributed by atoms with Crippen LogP contribution in [0.25, 0.3) is 0 Å². The zero-order valence-corrected chi connectivity index (χ0v) is 23.0. The molecule has 0 spiro atoms. The lowest BCUT2D eigenvalue weighted by molar-refractivity contribution is -0.124. The first kappa shape index (κ1) is 28.3. The third kappa shape index (κ3) is 6.55. The van der Waals surface area contributed by atoms with Crippen LogP contribution in [0.3, 0.4) is 0 Å². The van der Waals surface area contributed by atoms with Crippen LogP contribution >= 0.6 is 0 Å². The fourth-order valence-electron chi connectivity index (χ4n) is 5.30. The summed E-state index contributed by atoms with van der Waals surface area (Å²) in [5, 5.41) is 0. The molecule has 37 heavy (non-hydrogen) atoms. The number of nitrogens with zero attached hydrogens (tertiary/aromatic N) is 3. The summed E-state index contributed by atoms with van der Waals surface area (Å²) in [6, 6.07) is 9.57. The van der Waals surface area contributed by atoms with E-state index in [-0.39, 0.29) is 11.8 Å². The van der Waals surface area contributed by atoms with E-state index in [0.717, 1.165) is 29.0 Å². The van der Waals surface area contributed by atoms with Gasteiger partial charge < -0.3 is 28.6 Å². The van der Waals surface area contributed by atoms with Gasteiger partial charge in [-0.25, -0.2) is 0 Å². The van der Waals surface area contributed by atoms with E-state index in [1.807, 2.05) is 28.9 Å². The summed E-state index contributed by atoms with van der Waals surface area (Å²) < 4.78 is 16.2. The van der Waals surface area contributed by atoms with E-state index in [2.05, 4.69) is 37.9 Å². The quantitative estimate of drug-likeness (QED) is 0.389. The maximum absolute atomic E-state index is 13.0. The van der Waals surface area contributed by atoms with Gasteiger partial charge >= 0.3 is 0 Å². The van der Waals surface area contributed by atoms with Crippen molar-refractivity contribution < 1.29 is 23.5 Å². The fourth-order valence-corrected chi connectivity index (χ4v) is 5.30. The van der Waals surface area contributed by atoms with Gasteiger partial charge in [0.15, 0.2) is 5.76 Å². The number of methoxy groups -OCH3 is 2. The molecule has 1 saturated heterocycles. The van der Waals surface area contributed by atoms with E-state index in [9.17, 15) is 9.59 Å². The van der Waals surface area contributed by atoms with Gasteiger partial charge in [0.05, 0.1) is 25.5 Å². The highest BCUT2D eigenvalue weighted by molar-refractivity contribution is 5.91. The number of likely N-dealkylation sites (N-methyl/N-ethyl adjacent to an activating group) is 2. The summed E-state index contributed by atoms with van der Waals surface area (Å²) in [7, 11) is 5.42. The molecule has 202 valence electrons. The molecule has 1 fully saturated rings. The first-order chi connectivity index (χ1) is 17.8. The highest BCUT2D eigenvalue weighted by Crippen LogP contribution is 2.38. The van der Waals surface area contributed by atoms with Gasteiger partial charge in [0, 0.05) is 46.0 Å². The Morgan fingerprint density at radius 3 is 2.43 bits per heavy atom. The predicted octanol–water partition coefficient (Wildman–Crippen LogP) is 4.56. The largest absolute Gasteiger partial charge is 0.497 e. The maximum atomic E-state index is 13.0. The first-order valence-corrected chi connectivity index (χ1v) is 12.9. The molecule has 1 aliphatic rings. The van der Waals surface area contributed by atoms with Crippen molar-refractivity contribution >= 4 is 12.3 Å². The van der Waals surface area contributed by atoms with Gasteiger partial charge in [-0.15, -0.1) is 0 Å². The van der Waals surface area contributed by atoms with Gasteiger partial charge in [0.25, 0.3) is 5.91 Å². The number of allylic oxidation sites excluding steroid dienone is 1. The van der Waals surface area contributed by atoms with Crippen molar-refractivity contribution in [2.75, 3.05) is 40.9 Å². The van der Waals surface area contributed by atoms with E-state index in [4.69, 9.17) is 13.9 Å². The van der Waals surface area contributed by atoms with Crippen LogP contribution in [0.15, 0.2) is 52.8 Å². The van der Waals surface area contributed by atoms with Gasteiger partial charge in [-0.3, -0.25) is 9.59 Å². The lowest BCUT2D eigenvalue weighted by atomic mass is 9.80. The van der Waals surface area contributed by atoms with Crippen LogP contribution in [-0.4, -0.2) is 73.5 Å². The number of carbonyl (C=O) groups is 2. The number of amides is 2. The minimum atomic E-state index is -0.524. The first-order valence-electron chi connectivity index (χ1n) is 12.9. The van der Waals surface area contributed by atoms with Crippen LogP contribution in [0, 0.1) is 5.92 Å². The van der Waals surface area contributed by atoms with Gasteiger partial charge in [0.2, 0.25) is 6.41 Å². The van der Waals surface area contributed by atoms with Crippen molar-refractivity contribution in [3.05, 3.63) is 65.3 Å². The molecule has 1 aliphatic heterocycles. The molecule has 2 aromatic rings. The van der Waals surface area contributed by atoms with Crippen molar-refractivity contribution in [2.45, 2.75) is 52.3 Å². The number of carbonyl (C=O) groups excluding carboxylic acids is 2. The number of hydrogen-bond acceptors (Lipinski definition) is 6. The Morgan fingerprint density at radius 2 is 1.89 bits per heavy atom.